The molecule has 31 heavy (non-hydrogen) atoms. The molecule has 2 aliphatic rings. The van der Waals surface area contributed by atoms with Crippen LogP contribution in [0.4, 0.5) is 5.69 Å². The van der Waals surface area contributed by atoms with E-state index in [4.69, 9.17) is 23.2 Å². The highest BCUT2D eigenvalue weighted by Crippen LogP contribution is 2.36. The van der Waals surface area contributed by atoms with Gasteiger partial charge < -0.3 is 15.3 Å². The van der Waals surface area contributed by atoms with Crippen LogP contribution < -0.4 is 10.2 Å². The van der Waals surface area contributed by atoms with Crippen LogP contribution in [0.25, 0.3) is 0 Å². The van der Waals surface area contributed by atoms with Crippen LogP contribution in [0.1, 0.15) is 58.4 Å². The zero-order chi connectivity index (χ0) is 22.8. The van der Waals surface area contributed by atoms with Crippen LogP contribution in [-0.2, 0) is 4.79 Å². The Balaban J connectivity index is 1.43. The smallest absolute Gasteiger partial charge is 0.251 e. The molecule has 7 heteroatoms. The van der Waals surface area contributed by atoms with Gasteiger partial charge in [-0.2, -0.15) is 0 Å². The number of nitrogens with one attached hydrogen (secondary N) is 1. The number of benzene rings is 1. The molecule has 1 unspecified atom stereocenters. The monoisotopic (exact) mass is 469 g/mol. The highest BCUT2D eigenvalue weighted by molar-refractivity contribution is 6.44. The number of piperazine rings is 1. The Morgan fingerprint density at radius 3 is 2.45 bits per heavy atom. The standard InChI is InChI=1S/C24H37Cl2N3O2/c1-16-5-10-20(22(26)21(16)25)29-14-13-28(15-17(29)2)12-11-18-6-8-19(9-7-18)27-23(30)24(3,4)31/h5,10,17-19,31H,6-9,11-15H2,1-4H3,(H,27,30). The molecule has 174 valence electrons. The van der Waals surface area contributed by atoms with Gasteiger partial charge in [-0.15, -0.1) is 0 Å². The summed E-state index contributed by atoms with van der Waals surface area (Å²) in [5.41, 5.74) is 0.746. The van der Waals surface area contributed by atoms with Crippen molar-refractivity contribution >= 4 is 34.8 Å². The molecule has 0 bridgehead atoms. The van der Waals surface area contributed by atoms with Gasteiger partial charge in [0.1, 0.15) is 5.60 Å². The first kappa shape index (κ1) is 24.6. The van der Waals surface area contributed by atoms with Crippen molar-refractivity contribution in [3.8, 4) is 0 Å². The second-order valence-corrected chi connectivity index (χ2v) is 10.7. The highest BCUT2D eigenvalue weighted by Gasteiger charge is 2.30. The summed E-state index contributed by atoms with van der Waals surface area (Å²) in [5.74, 6) is 0.451. The summed E-state index contributed by atoms with van der Waals surface area (Å²) in [7, 11) is 0. The van der Waals surface area contributed by atoms with Gasteiger partial charge in [-0.05, 0) is 83.9 Å². The molecule has 1 saturated carbocycles. The zero-order valence-electron chi connectivity index (χ0n) is 19.3. The lowest BCUT2D eigenvalue weighted by molar-refractivity contribution is -0.137. The first-order valence-electron chi connectivity index (χ1n) is 11.5. The zero-order valence-corrected chi connectivity index (χ0v) is 20.8. The summed E-state index contributed by atoms with van der Waals surface area (Å²) in [5, 5.41) is 14.1. The lowest BCUT2D eigenvalue weighted by Gasteiger charge is -2.42. The minimum atomic E-state index is -1.30. The number of hydrogen-bond donors (Lipinski definition) is 2. The van der Waals surface area contributed by atoms with E-state index in [0.29, 0.717) is 22.0 Å². The summed E-state index contributed by atoms with van der Waals surface area (Å²) in [6, 6.07) is 4.72. The van der Waals surface area contributed by atoms with Gasteiger partial charge >= 0.3 is 0 Å². The molecule has 1 heterocycles. The van der Waals surface area contributed by atoms with Crippen molar-refractivity contribution < 1.29 is 9.90 Å². The third kappa shape index (κ3) is 6.28. The quantitative estimate of drug-likeness (QED) is 0.636. The van der Waals surface area contributed by atoms with Crippen LogP contribution in [-0.4, -0.2) is 59.8 Å². The predicted molar refractivity (Wildman–Crippen MR) is 129 cm³/mol. The lowest BCUT2D eigenvalue weighted by atomic mass is 9.83. The van der Waals surface area contributed by atoms with E-state index in [9.17, 15) is 9.90 Å². The average molecular weight is 470 g/mol. The van der Waals surface area contributed by atoms with Gasteiger partial charge in [0, 0.05) is 31.7 Å². The number of hydrogen-bond acceptors (Lipinski definition) is 4. The van der Waals surface area contributed by atoms with Gasteiger partial charge in [-0.1, -0.05) is 29.3 Å². The molecule has 2 N–H and O–H groups in total. The number of aryl methyl sites for hydroxylation is 1. The van der Waals surface area contributed by atoms with Crippen LogP contribution in [0.2, 0.25) is 10.0 Å². The molecule has 1 atom stereocenters. The van der Waals surface area contributed by atoms with Crippen molar-refractivity contribution in [2.24, 2.45) is 5.92 Å². The molecule has 1 aromatic carbocycles. The van der Waals surface area contributed by atoms with Gasteiger partial charge in [0.15, 0.2) is 0 Å². The van der Waals surface area contributed by atoms with Crippen LogP contribution >= 0.6 is 23.2 Å². The van der Waals surface area contributed by atoms with E-state index in [1.807, 2.05) is 13.0 Å². The summed E-state index contributed by atoms with van der Waals surface area (Å²) in [4.78, 5) is 16.9. The first-order valence-corrected chi connectivity index (χ1v) is 12.3. The van der Waals surface area contributed by atoms with E-state index in [0.717, 1.165) is 63.1 Å². The molecular formula is C24H37Cl2N3O2. The number of carbonyl (C=O) groups is 1. The number of aliphatic hydroxyl groups is 1. The van der Waals surface area contributed by atoms with Crippen LogP contribution in [0.15, 0.2) is 12.1 Å². The Labute approximate surface area is 197 Å². The summed E-state index contributed by atoms with van der Waals surface area (Å²) in [6.45, 7) is 11.4. The van der Waals surface area contributed by atoms with Crippen LogP contribution in [0, 0.1) is 12.8 Å². The van der Waals surface area contributed by atoms with E-state index in [2.05, 4.69) is 28.1 Å². The predicted octanol–water partition coefficient (Wildman–Crippen LogP) is 4.65. The number of carbonyl (C=O) groups excluding carboxylic acids is 1. The van der Waals surface area contributed by atoms with Gasteiger partial charge in [0.25, 0.3) is 5.91 Å². The maximum Gasteiger partial charge on any atom is 0.251 e. The fourth-order valence-corrected chi connectivity index (χ4v) is 5.25. The molecular weight excluding hydrogens is 433 g/mol. The summed E-state index contributed by atoms with van der Waals surface area (Å²) in [6.07, 6.45) is 5.50. The van der Waals surface area contributed by atoms with Crippen molar-refractivity contribution in [1.29, 1.82) is 0 Å². The fraction of sp³-hybridized carbons (Fsp3) is 0.708. The van der Waals surface area contributed by atoms with E-state index in [1.165, 1.54) is 20.3 Å². The SMILES string of the molecule is Cc1ccc(N2CCN(CCC3CCC(NC(=O)C(C)(C)O)CC3)CC2C)c(Cl)c1Cl. The second kappa shape index (κ2) is 10.3. The topological polar surface area (TPSA) is 55.8 Å². The molecule has 1 aliphatic heterocycles. The second-order valence-electron chi connectivity index (χ2n) is 9.91. The molecule has 3 rings (SSSR count). The van der Waals surface area contributed by atoms with Gasteiger partial charge in [0.2, 0.25) is 0 Å². The van der Waals surface area contributed by atoms with Gasteiger partial charge in [-0.25, -0.2) is 0 Å². The maximum absolute atomic E-state index is 12.0. The number of anilines is 1. The number of amides is 1. The van der Waals surface area contributed by atoms with E-state index in [-0.39, 0.29) is 11.9 Å². The van der Waals surface area contributed by atoms with Crippen molar-refractivity contribution in [2.45, 2.75) is 77.5 Å². The number of nitrogens with zero attached hydrogens (tertiary/aromatic N) is 2. The average Bonchev–Trinajstić information content (AvgIpc) is 2.72. The molecule has 5 nitrogen and oxygen atoms in total. The van der Waals surface area contributed by atoms with Crippen molar-refractivity contribution in [2.75, 3.05) is 31.1 Å². The van der Waals surface area contributed by atoms with Crippen molar-refractivity contribution in [3.63, 3.8) is 0 Å². The molecule has 0 aromatic heterocycles. The highest BCUT2D eigenvalue weighted by atomic mass is 35.5. The molecule has 0 spiro atoms. The Morgan fingerprint density at radius 2 is 1.84 bits per heavy atom. The molecule has 1 aromatic rings. The third-order valence-corrected chi connectivity index (χ3v) is 7.83. The number of halogens is 2. The lowest BCUT2D eigenvalue weighted by Crippen LogP contribution is -2.52. The van der Waals surface area contributed by atoms with Gasteiger partial charge in [0.05, 0.1) is 15.7 Å². The van der Waals surface area contributed by atoms with E-state index < -0.39 is 5.60 Å². The molecule has 1 aliphatic carbocycles. The normalized spacial score (nSPS) is 25.5. The Morgan fingerprint density at radius 1 is 1.16 bits per heavy atom. The molecule has 1 saturated heterocycles. The Bertz CT molecular complexity index is 773. The molecule has 0 radical (unpaired) electrons. The van der Waals surface area contributed by atoms with Crippen LogP contribution in [0.5, 0.6) is 0 Å². The minimum absolute atomic E-state index is 0.199. The number of rotatable bonds is 6. The van der Waals surface area contributed by atoms with Crippen LogP contribution in [0.3, 0.4) is 0 Å². The first-order chi connectivity index (χ1) is 14.6. The van der Waals surface area contributed by atoms with Crippen molar-refractivity contribution in [3.05, 3.63) is 27.7 Å². The Kier molecular flexibility index (Phi) is 8.17. The largest absolute Gasteiger partial charge is 0.381 e. The fourth-order valence-electron chi connectivity index (χ4n) is 4.77. The van der Waals surface area contributed by atoms with Gasteiger partial charge in [-0.3, -0.25) is 9.69 Å². The molecule has 2 fully saturated rings. The summed E-state index contributed by atoms with van der Waals surface area (Å²) >= 11 is 12.9. The third-order valence-electron chi connectivity index (χ3n) is 6.87. The van der Waals surface area contributed by atoms with E-state index in [1.54, 1.807) is 0 Å². The maximum atomic E-state index is 12.0. The van der Waals surface area contributed by atoms with Crippen molar-refractivity contribution in [1.82, 2.24) is 10.2 Å². The Hall–Kier alpha value is -1.01. The van der Waals surface area contributed by atoms with E-state index >= 15 is 0 Å². The minimum Gasteiger partial charge on any atom is -0.381 e. The molecule has 1 amide bonds. The summed E-state index contributed by atoms with van der Waals surface area (Å²) < 4.78 is 0.